The van der Waals surface area contributed by atoms with Crippen molar-refractivity contribution in [2.75, 3.05) is 6.54 Å². The third-order valence-corrected chi connectivity index (χ3v) is 4.55. The SMILES string of the molecule is Cl.NCc1nc(CN2CCCCC2c2cc3ccccc3[nH]2)no1. The van der Waals surface area contributed by atoms with Crippen molar-refractivity contribution in [2.24, 2.45) is 5.73 Å². The number of nitrogens with zero attached hydrogens (tertiary/aromatic N) is 3. The standard InChI is InChI=1S/C17H21N5O.ClH/c18-10-17-20-16(21-23-17)11-22-8-4-3-7-15(22)14-9-12-5-1-2-6-13(12)19-14;/h1-2,5-6,9,15,19H,3-4,7-8,10-11,18H2;1H. The normalized spacial score (nSPS) is 18.6. The van der Waals surface area contributed by atoms with Crippen LogP contribution in [0.15, 0.2) is 34.9 Å². The Hall–Kier alpha value is -1.89. The van der Waals surface area contributed by atoms with Crippen molar-refractivity contribution in [1.82, 2.24) is 20.0 Å². The molecule has 128 valence electrons. The number of nitrogens with two attached hydrogens (primary N) is 1. The van der Waals surface area contributed by atoms with Crippen molar-refractivity contribution in [3.63, 3.8) is 0 Å². The van der Waals surface area contributed by atoms with Crippen LogP contribution in [0.1, 0.15) is 42.7 Å². The van der Waals surface area contributed by atoms with Crippen LogP contribution in [0.3, 0.4) is 0 Å². The Bertz CT molecular complexity index is 766. The highest BCUT2D eigenvalue weighted by molar-refractivity contribution is 5.85. The molecule has 7 heteroatoms. The van der Waals surface area contributed by atoms with Gasteiger partial charge < -0.3 is 15.2 Å². The van der Waals surface area contributed by atoms with Gasteiger partial charge in [-0.1, -0.05) is 29.8 Å². The Morgan fingerprint density at radius 2 is 2.17 bits per heavy atom. The van der Waals surface area contributed by atoms with Crippen molar-refractivity contribution < 1.29 is 4.52 Å². The van der Waals surface area contributed by atoms with Crippen LogP contribution in [0.5, 0.6) is 0 Å². The molecule has 1 atom stereocenters. The van der Waals surface area contributed by atoms with Crippen molar-refractivity contribution in [3.8, 4) is 0 Å². The lowest BCUT2D eigenvalue weighted by atomic mass is 9.99. The highest BCUT2D eigenvalue weighted by Crippen LogP contribution is 2.33. The van der Waals surface area contributed by atoms with Gasteiger partial charge in [-0.25, -0.2) is 0 Å². The Kier molecular flexibility index (Phi) is 5.18. The largest absolute Gasteiger partial charge is 0.357 e. The fraction of sp³-hybridized carbons (Fsp3) is 0.412. The van der Waals surface area contributed by atoms with E-state index in [2.05, 4.69) is 50.4 Å². The summed E-state index contributed by atoms with van der Waals surface area (Å²) in [5.41, 5.74) is 8.01. The summed E-state index contributed by atoms with van der Waals surface area (Å²) in [6, 6.07) is 11.0. The Morgan fingerprint density at radius 3 is 2.96 bits per heavy atom. The molecule has 4 rings (SSSR count). The number of likely N-dealkylation sites (tertiary alicyclic amines) is 1. The fourth-order valence-electron chi connectivity index (χ4n) is 3.43. The van der Waals surface area contributed by atoms with E-state index < -0.39 is 0 Å². The number of nitrogens with one attached hydrogen (secondary N) is 1. The quantitative estimate of drug-likeness (QED) is 0.757. The molecule has 6 nitrogen and oxygen atoms in total. The summed E-state index contributed by atoms with van der Waals surface area (Å²) in [4.78, 5) is 10.3. The summed E-state index contributed by atoms with van der Waals surface area (Å²) in [6.07, 6.45) is 3.60. The van der Waals surface area contributed by atoms with Gasteiger partial charge in [0, 0.05) is 11.2 Å². The molecule has 1 unspecified atom stereocenters. The fourth-order valence-corrected chi connectivity index (χ4v) is 3.43. The second-order valence-electron chi connectivity index (χ2n) is 6.10. The molecule has 2 aromatic heterocycles. The second kappa shape index (κ2) is 7.34. The number of para-hydroxylation sites is 1. The Balaban J connectivity index is 0.00000169. The summed E-state index contributed by atoms with van der Waals surface area (Å²) in [5, 5.41) is 5.30. The van der Waals surface area contributed by atoms with Gasteiger partial charge in [0.25, 0.3) is 0 Å². The number of hydrogen-bond donors (Lipinski definition) is 2. The maximum absolute atomic E-state index is 5.54. The molecule has 0 bridgehead atoms. The van der Waals surface area contributed by atoms with Gasteiger partial charge in [-0.2, -0.15) is 4.98 Å². The highest BCUT2D eigenvalue weighted by atomic mass is 35.5. The molecule has 1 saturated heterocycles. The lowest BCUT2D eigenvalue weighted by molar-refractivity contribution is 0.133. The average molecular weight is 348 g/mol. The molecule has 1 fully saturated rings. The lowest BCUT2D eigenvalue weighted by Gasteiger charge is -2.34. The van der Waals surface area contributed by atoms with Crippen LogP contribution < -0.4 is 5.73 Å². The monoisotopic (exact) mass is 347 g/mol. The maximum atomic E-state index is 5.54. The molecule has 3 aromatic rings. The van der Waals surface area contributed by atoms with Gasteiger partial charge in [-0.3, -0.25) is 4.90 Å². The third kappa shape index (κ3) is 3.31. The first-order valence-electron chi connectivity index (χ1n) is 8.17. The van der Waals surface area contributed by atoms with E-state index in [4.69, 9.17) is 10.3 Å². The Morgan fingerprint density at radius 1 is 1.29 bits per heavy atom. The number of H-pyrrole nitrogens is 1. The van der Waals surface area contributed by atoms with Crippen molar-refractivity contribution in [1.29, 1.82) is 0 Å². The van der Waals surface area contributed by atoms with E-state index in [1.165, 1.54) is 29.4 Å². The van der Waals surface area contributed by atoms with Crippen molar-refractivity contribution in [3.05, 3.63) is 47.7 Å². The van der Waals surface area contributed by atoms with Crippen molar-refractivity contribution >= 4 is 23.3 Å². The molecule has 0 radical (unpaired) electrons. The van der Waals surface area contributed by atoms with Crippen LogP contribution in [0.4, 0.5) is 0 Å². The predicted molar refractivity (Wildman–Crippen MR) is 94.7 cm³/mol. The summed E-state index contributed by atoms with van der Waals surface area (Å²) in [6.45, 7) is 2.04. The molecule has 1 aromatic carbocycles. The van der Waals surface area contributed by atoms with Crippen LogP contribution >= 0.6 is 12.4 Å². The second-order valence-corrected chi connectivity index (χ2v) is 6.10. The molecular weight excluding hydrogens is 326 g/mol. The van der Waals surface area contributed by atoms with Crippen LogP contribution in [0.25, 0.3) is 10.9 Å². The van der Waals surface area contributed by atoms with Crippen LogP contribution in [-0.4, -0.2) is 26.6 Å². The first kappa shape index (κ1) is 17.0. The molecule has 1 aliphatic rings. The first-order chi connectivity index (χ1) is 11.3. The summed E-state index contributed by atoms with van der Waals surface area (Å²) < 4.78 is 5.12. The van der Waals surface area contributed by atoms with Gasteiger partial charge >= 0.3 is 0 Å². The van der Waals surface area contributed by atoms with Gasteiger partial charge in [0.15, 0.2) is 5.82 Å². The molecule has 0 aliphatic carbocycles. The number of piperidine rings is 1. The van der Waals surface area contributed by atoms with Gasteiger partial charge in [0.2, 0.25) is 5.89 Å². The topological polar surface area (TPSA) is 84.0 Å². The van der Waals surface area contributed by atoms with E-state index in [0.29, 0.717) is 30.8 Å². The van der Waals surface area contributed by atoms with E-state index in [0.717, 1.165) is 13.0 Å². The van der Waals surface area contributed by atoms with E-state index in [1.54, 1.807) is 0 Å². The molecule has 0 saturated carbocycles. The van der Waals surface area contributed by atoms with Crippen LogP contribution in [0.2, 0.25) is 0 Å². The third-order valence-electron chi connectivity index (χ3n) is 4.55. The molecule has 3 N–H and O–H groups in total. The smallest absolute Gasteiger partial charge is 0.240 e. The van der Waals surface area contributed by atoms with Gasteiger partial charge in [-0.15, -0.1) is 12.4 Å². The molecule has 3 heterocycles. The number of hydrogen-bond acceptors (Lipinski definition) is 5. The van der Waals surface area contributed by atoms with E-state index in [1.807, 2.05) is 0 Å². The number of aromatic amines is 1. The maximum Gasteiger partial charge on any atom is 0.240 e. The predicted octanol–water partition coefficient (Wildman–Crippen LogP) is 3.16. The lowest BCUT2D eigenvalue weighted by Crippen LogP contribution is -2.33. The first-order valence-corrected chi connectivity index (χ1v) is 8.17. The van der Waals surface area contributed by atoms with Gasteiger partial charge in [0.05, 0.1) is 19.1 Å². The molecule has 24 heavy (non-hydrogen) atoms. The number of fused-ring (bicyclic) bond motifs is 1. The zero-order valence-corrected chi connectivity index (χ0v) is 14.3. The number of benzene rings is 1. The zero-order chi connectivity index (χ0) is 15.6. The van der Waals surface area contributed by atoms with Crippen LogP contribution in [0, 0.1) is 0 Å². The minimum absolute atomic E-state index is 0. The van der Waals surface area contributed by atoms with Gasteiger partial charge in [-0.05, 0) is 36.9 Å². The zero-order valence-electron chi connectivity index (χ0n) is 13.4. The Labute approximate surface area is 146 Å². The average Bonchev–Trinajstić information content (AvgIpc) is 3.21. The number of halogens is 1. The van der Waals surface area contributed by atoms with Crippen molar-refractivity contribution in [2.45, 2.75) is 38.4 Å². The minimum Gasteiger partial charge on any atom is -0.357 e. The minimum atomic E-state index is 0. The van der Waals surface area contributed by atoms with E-state index >= 15 is 0 Å². The van der Waals surface area contributed by atoms with Crippen LogP contribution in [-0.2, 0) is 13.1 Å². The molecule has 0 spiro atoms. The number of aromatic nitrogens is 3. The summed E-state index contributed by atoms with van der Waals surface area (Å²) in [7, 11) is 0. The van der Waals surface area contributed by atoms with E-state index in [9.17, 15) is 0 Å². The van der Waals surface area contributed by atoms with Gasteiger partial charge in [0.1, 0.15) is 0 Å². The molecular formula is C17H22ClN5O. The van der Waals surface area contributed by atoms with E-state index in [-0.39, 0.29) is 12.4 Å². The summed E-state index contributed by atoms with van der Waals surface area (Å²) in [5.74, 6) is 1.22. The highest BCUT2D eigenvalue weighted by Gasteiger charge is 2.26. The number of rotatable bonds is 4. The molecule has 0 amide bonds. The molecule has 1 aliphatic heterocycles. The summed E-state index contributed by atoms with van der Waals surface area (Å²) >= 11 is 0.